The van der Waals surface area contributed by atoms with E-state index in [1.807, 2.05) is 25.1 Å². The van der Waals surface area contributed by atoms with E-state index >= 15 is 0 Å². The van der Waals surface area contributed by atoms with Gasteiger partial charge in [-0.3, -0.25) is 9.48 Å². The molecule has 160 valence electrons. The Kier molecular flexibility index (Phi) is 6.48. The summed E-state index contributed by atoms with van der Waals surface area (Å²) in [6.45, 7) is 2.80. The number of hydrogen-bond acceptors (Lipinski definition) is 4. The lowest BCUT2D eigenvalue weighted by atomic mass is 9.88. The molecule has 1 aromatic heterocycles. The highest BCUT2D eigenvalue weighted by molar-refractivity contribution is 6.42. The van der Waals surface area contributed by atoms with Gasteiger partial charge in [-0.25, -0.2) is 4.39 Å². The van der Waals surface area contributed by atoms with Crippen molar-refractivity contribution in [1.29, 1.82) is 0 Å². The molecule has 1 saturated heterocycles. The van der Waals surface area contributed by atoms with Crippen molar-refractivity contribution >= 4 is 58.2 Å². The van der Waals surface area contributed by atoms with Gasteiger partial charge in [-0.15, -0.1) is 12.4 Å². The largest absolute Gasteiger partial charge is 0.480 e. The molecule has 3 N–H and O–H groups in total. The monoisotopic (exact) mass is 472 g/mol. The van der Waals surface area contributed by atoms with E-state index in [0.717, 1.165) is 16.8 Å². The molecule has 10 heteroatoms. The van der Waals surface area contributed by atoms with Gasteiger partial charge < -0.3 is 15.7 Å². The van der Waals surface area contributed by atoms with Gasteiger partial charge in [0.1, 0.15) is 12.4 Å². The molecule has 1 atom stereocenters. The summed E-state index contributed by atoms with van der Waals surface area (Å²) in [4.78, 5) is 11.0. The first-order valence-corrected chi connectivity index (χ1v) is 9.88. The number of aliphatic carboxylic acids is 1. The molecule has 0 radical (unpaired) electrons. The molecule has 0 amide bonds. The van der Waals surface area contributed by atoms with E-state index in [9.17, 15) is 9.18 Å². The molecule has 1 unspecified atom stereocenters. The van der Waals surface area contributed by atoms with Gasteiger partial charge in [0.25, 0.3) is 0 Å². The van der Waals surface area contributed by atoms with Crippen LogP contribution in [0.5, 0.6) is 0 Å². The maximum Gasteiger partial charge on any atom is 0.325 e. The third kappa shape index (κ3) is 3.95. The number of aryl methyl sites for hydroxylation is 1. The quantitative estimate of drug-likeness (QED) is 0.472. The van der Waals surface area contributed by atoms with Crippen LogP contribution in [0.2, 0.25) is 10.0 Å². The Morgan fingerprint density at radius 2 is 2.13 bits per heavy atom. The third-order valence-corrected chi connectivity index (χ3v) is 6.15. The number of hydrogen-bond donors (Lipinski definition) is 3. The first-order chi connectivity index (χ1) is 13.8. The summed E-state index contributed by atoms with van der Waals surface area (Å²) >= 11 is 12.6. The Balaban J connectivity index is 0.00000256. The fourth-order valence-electron chi connectivity index (χ4n) is 3.94. The number of anilines is 1. The molecule has 1 aliphatic heterocycles. The molecule has 30 heavy (non-hydrogen) atoms. The molecule has 3 aromatic rings. The molecule has 0 bridgehead atoms. The summed E-state index contributed by atoms with van der Waals surface area (Å²) in [6, 6.07) is 8.36. The normalized spacial score (nSPS) is 18.4. The highest BCUT2D eigenvalue weighted by atomic mass is 35.5. The van der Waals surface area contributed by atoms with E-state index in [2.05, 4.69) is 15.7 Å². The third-order valence-electron chi connectivity index (χ3n) is 5.35. The molecule has 2 heterocycles. The second-order valence-corrected chi connectivity index (χ2v) is 8.01. The second kappa shape index (κ2) is 8.59. The lowest BCUT2D eigenvalue weighted by Gasteiger charge is -2.33. The maximum absolute atomic E-state index is 14.8. The van der Waals surface area contributed by atoms with Crippen LogP contribution in [0.25, 0.3) is 10.9 Å². The van der Waals surface area contributed by atoms with E-state index in [0.29, 0.717) is 35.6 Å². The number of carboxylic acids is 1. The topological polar surface area (TPSA) is 79.2 Å². The van der Waals surface area contributed by atoms with Crippen LogP contribution in [0.1, 0.15) is 17.7 Å². The Bertz CT molecular complexity index is 1110. The van der Waals surface area contributed by atoms with Gasteiger partial charge >= 0.3 is 5.97 Å². The smallest absolute Gasteiger partial charge is 0.325 e. The van der Waals surface area contributed by atoms with E-state index in [-0.39, 0.29) is 24.0 Å². The first kappa shape index (κ1) is 22.6. The van der Waals surface area contributed by atoms with Gasteiger partial charge in [-0.2, -0.15) is 5.10 Å². The summed E-state index contributed by atoms with van der Waals surface area (Å²) in [5.74, 6) is -1.38. The molecule has 6 nitrogen and oxygen atoms in total. The van der Waals surface area contributed by atoms with E-state index in [4.69, 9.17) is 28.3 Å². The maximum atomic E-state index is 14.8. The number of nitrogens with zero attached hydrogens (tertiary/aromatic N) is 2. The van der Waals surface area contributed by atoms with Crippen LogP contribution in [0.4, 0.5) is 10.1 Å². The Morgan fingerprint density at radius 1 is 1.37 bits per heavy atom. The molecule has 1 aliphatic rings. The van der Waals surface area contributed by atoms with Crippen molar-refractivity contribution in [3.63, 3.8) is 0 Å². The minimum absolute atomic E-state index is 0. The van der Waals surface area contributed by atoms with E-state index in [1.165, 1.54) is 16.8 Å². The second-order valence-electron chi connectivity index (χ2n) is 7.22. The summed E-state index contributed by atoms with van der Waals surface area (Å²) in [7, 11) is 0. The summed E-state index contributed by atoms with van der Waals surface area (Å²) in [5, 5.41) is 21.5. The van der Waals surface area contributed by atoms with Crippen molar-refractivity contribution in [3.8, 4) is 0 Å². The van der Waals surface area contributed by atoms with Gasteiger partial charge in [0.05, 0.1) is 21.1 Å². The Hall–Kier alpha value is -2.06. The number of aromatic nitrogens is 2. The summed E-state index contributed by atoms with van der Waals surface area (Å²) in [5.41, 5.74) is 1.74. The van der Waals surface area contributed by atoms with Gasteiger partial charge in [0.15, 0.2) is 0 Å². The van der Waals surface area contributed by atoms with Crippen LogP contribution >= 0.6 is 35.6 Å². The van der Waals surface area contributed by atoms with Crippen molar-refractivity contribution in [3.05, 3.63) is 57.5 Å². The van der Waals surface area contributed by atoms with Crippen molar-refractivity contribution in [2.75, 3.05) is 18.4 Å². The zero-order chi connectivity index (χ0) is 20.8. The number of carbonyl (C=O) groups is 1. The predicted octanol–water partition coefficient (Wildman–Crippen LogP) is 4.60. The van der Waals surface area contributed by atoms with Gasteiger partial charge in [0, 0.05) is 28.9 Å². The van der Waals surface area contributed by atoms with Crippen molar-refractivity contribution in [2.45, 2.75) is 25.4 Å². The Labute approximate surface area is 188 Å². The molecule has 0 aliphatic carbocycles. The van der Waals surface area contributed by atoms with Crippen LogP contribution in [-0.4, -0.2) is 33.9 Å². The zero-order valence-corrected chi connectivity index (χ0v) is 18.3. The molecule has 1 fully saturated rings. The van der Waals surface area contributed by atoms with Gasteiger partial charge in [-0.1, -0.05) is 23.2 Å². The standard InChI is InChI=1S/C20H19Cl2FN4O2.ClH/c1-11-13-3-2-12(8-16(13)26-27(11)9-17(28)29)25-20(6-7-24-10-20)18-15(23)5-4-14(21)19(18)22;/h2-5,8,24-25H,6-7,9-10H2,1H3,(H,28,29);1H. The Morgan fingerprint density at radius 3 is 2.80 bits per heavy atom. The molecular formula is C20H20Cl3FN4O2. The summed E-state index contributed by atoms with van der Waals surface area (Å²) in [6.07, 6.45) is 0.620. The average Bonchev–Trinajstić information content (AvgIpc) is 3.24. The fourth-order valence-corrected chi connectivity index (χ4v) is 4.43. The summed E-state index contributed by atoms with van der Waals surface area (Å²) < 4.78 is 16.2. The SMILES string of the molecule is Cc1c2ccc(NC3(c4c(F)ccc(Cl)c4Cl)CCNC3)cc2nn1CC(=O)O.Cl. The van der Waals surface area contributed by atoms with Crippen LogP contribution in [-0.2, 0) is 16.9 Å². The van der Waals surface area contributed by atoms with E-state index in [1.54, 1.807) is 0 Å². The number of rotatable bonds is 5. The lowest BCUT2D eigenvalue weighted by molar-refractivity contribution is -0.137. The number of halogens is 4. The lowest BCUT2D eigenvalue weighted by Crippen LogP contribution is -2.38. The molecule has 2 aromatic carbocycles. The number of carboxylic acid groups (broad SMARTS) is 1. The van der Waals surface area contributed by atoms with Crippen LogP contribution in [0, 0.1) is 12.7 Å². The van der Waals surface area contributed by atoms with Gasteiger partial charge in [0.2, 0.25) is 0 Å². The van der Waals surface area contributed by atoms with Crippen molar-refractivity contribution in [2.24, 2.45) is 0 Å². The molecule has 0 saturated carbocycles. The van der Waals surface area contributed by atoms with Crippen LogP contribution in [0.3, 0.4) is 0 Å². The minimum atomic E-state index is -0.957. The highest BCUT2D eigenvalue weighted by Crippen LogP contribution is 2.41. The predicted molar refractivity (Wildman–Crippen MR) is 119 cm³/mol. The van der Waals surface area contributed by atoms with Crippen LogP contribution in [0.15, 0.2) is 30.3 Å². The number of nitrogens with one attached hydrogen (secondary N) is 2. The number of fused-ring (bicyclic) bond motifs is 1. The average molecular weight is 474 g/mol. The van der Waals surface area contributed by atoms with Crippen LogP contribution < -0.4 is 10.6 Å². The number of benzene rings is 2. The van der Waals surface area contributed by atoms with E-state index < -0.39 is 17.3 Å². The van der Waals surface area contributed by atoms with Crippen molar-refractivity contribution < 1.29 is 14.3 Å². The first-order valence-electron chi connectivity index (χ1n) is 9.12. The fraction of sp³-hybridized carbons (Fsp3) is 0.300. The molecular weight excluding hydrogens is 454 g/mol. The zero-order valence-electron chi connectivity index (χ0n) is 16.0. The van der Waals surface area contributed by atoms with Gasteiger partial charge in [-0.05, 0) is 50.2 Å². The van der Waals surface area contributed by atoms with Crippen molar-refractivity contribution in [1.82, 2.24) is 15.1 Å². The molecule has 0 spiro atoms. The molecule has 4 rings (SSSR count). The minimum Gasteiger partial charge on any atom is -0.480 e. The highest BCUT2D eigenvalue weighted by Gasteiger charge is 2.40.